The standard InChI is InChI=1S/C21H26N2O5S/c1-2-27-20-10-6-5-9-19(20)22-21(24)15-28-17-11-13-18(14-12-17)29(25,26)23-16-7-3-4-8-16/h5-6,9-14,16,23H,2-4,7-8,15H2,1H3,(H,22,24). The Labute approximate surface area is 171 Å². The van der Waals surface area contributed by atoms with E-state index >= 15 is 0 Å². The molecule has 1 saturated carbocycles. The highest BCUT2D eigenvalue weighted by Gasteiger charge is 2.22. The highest BCUT2D eigenvalue weighted by atomic mass is 32.2. The van der Waals surface area contributed by atoms with Gasteiger partial charge in [0.05, 0.1) is 17.2 Å². The van der Waals surface area contributed by atoms with Gasteiger partial charge < -0.3 is 14.8 Å². The summed E-state index contributed by atoms with van der Waals surface area (Å²) in [6.45, 7) is 2.16. The molecule has 0 atom stereocenters. The summed E-state index contributed by atoms with van der Waals surface area (Å²) < 4.78 is 38.5. The molecule has 0 saturated heterocycles. The molecular formula is C21H26N2O5S. The summed E-state index contributed by atoms with van der Waals surface area (Å²) in [6, 6.07) is 13.2. The summed E-state index contributed by atoms with van der Waals surface area (Å²) in [5, 5.41) is 2.75. The Morgan fingerprint density at radius 2 is 1.72 bits per heavy atom. The third kappa shape index (κ3) is 5.95. The summed E-state index contributed by atoms with van der Waals surface area (Å²) in [5.41, 5.74) is 0.572. The van der Waals surface area contributed by atoms with Gasteiger partial charge in [0, 0.05) is 6.04 Å². The van der Waals surface area contributed by atoms with Crippen LogP contribution in [0.25, 0.3) is 0 Å². The van der Waals surface area contributed by atoms with Gasteiger partial charge in [-0.1, -0.05) is 25.0 Å². The van der Waals surface area contributed by atoms with Crippen molar-refractivity contribution in [3.63, 3.8) is 0 Å². The number of hydrogen-bond donors (Lipinski definition) is 2. The molecule has 1 aliphatic carbocycles. The average molecular weight is 419 g/mol. The van der Waals surface area contributed by atoms with Crippen molar-refractivity contribution in [2.75, 3.05) is 18.5 Å². The fraction of sp³-hybridized carbons (Fsp3) is 0.381. The molecule has 8 heteroatoms. The molecule has 1 amide bonds. The van der Waals surface area contributed by atoms with E-state index in [2.05, 4.69) is 10.0 Å². The van der Waals surface area contributed by atoms with Crippen molar-refractivity contribution in [1.82, 2.24) is 4.72 Å². The zero-order chi connectivity index (χ0) is 20.7. The number of benzene rings is 2. The summed E-state index contributed by atoms with van der Waals surface area (Å²) in [7, 11) is -3.54. The SMILES string of the molecule is CCOc1ccccc1NC(=O)COc1ccc(S(=O)(=O)NC2CCCC2)cc1. The van der Waals surface area contributed by atoms with Gasteiger partial charge in [-0.3, -0.25) is 4.79 Å². The first-order valence-electron chi connectivity index (χ1n) is 9.75. The topological polar surface area (TPSA) is 93.7 Å². The number of nitrogens with one attached hydrogen (secondary N) is 2. The van der Waals surface area contributed by atoms with Crippen LogP contribution in [0.4, 0.5) is 5.69 Å². The predicted octanol–water partition coefficient (Wildman–Crippen LogP) is 3.32. The minimum atomic E-state index is -3.54. The Morgan fingerprint density at radius 3 is 2.41 bits per heavy atom. The Balaban J connectivity index is 1.54. The van der Waals surface area contributed by atoms with Gasteiger partial charge in [-0.2, -0.15) is 0 Å². The van der Waals surface area contributed by atoms with Crippen LogP contribution in [0.2, 0.25) is 0 Å². The first-order valence-corrected chi connectivity index (χ1v) is 11.2. The van der Waals surface area contributed by atoms with Crippen LogP contribution in [0.1, 0.15) is 32.6 Å². The quantitative estimate of drug-likeness (QED) is 0.652. The number of para-hydroxylation sites is 2. The zero-order valence-electron chi connectivity index (χ0n) is 16.4. The number of carbonyl (C=O) groups excluding carboxylic acids is 1. The maximum absolute atomic E-state index is 12.4. The fourth-order valence-electron chi connectivity index (χ4n) is 3.23. The van der Waals surface area contributed by atoms with Crippen molar-refractivity contribution < 1.29 is 22.7 Å². The van der Waals surface area contributed by atoms with Crippen LogP contribution >= 0.6 is 0 Å². The largest absolute Gasteiger partial charge is 0.492 e. The van der Waals surface area contributed by atoms with E-state index in [9.17, 15) is 13.2 Å². The molecule has 0 aliphatic heterocycles. The highest BCUT2D eigenvalue weighted by Crippen LogP contribution is 2.24. The number of ether oxygens (including phenoxy) is 2. The van der Waals surface area contributed by atoms with Crippen molar-refractivity contribution in [2.24, 2.45) is 0 Å². The van der Waals surface area contributed by atoms with Gasteiger partial charge in [-0.25, -0.2) is 13.1 Å². The van der Waals surface area contributed by atoms with Gasteiger partial charge in [-0.05, 0) is 56.2 Å². The molecule has 0 unspecified atom stereocenters. The van der Waals surface area contributed by atoms with Gasteiger partial charge in [0.1, 0.15) is 11.5 Å². The van der Waals surface area contributed by atoms with Crippen LogP contribution in [0.5, 0.6) is 11.5 Å². The number of anilines is 1. The fourth-order valence-corrected chi connectivity index (χ4v) is 4.54. The van der Waals surface area contributed by atoms with Crippen molar-refractivity contribution in [3.05, 3.63) is 48.5 Å². The van der Waals surface area contributed by atoms with Gasteiger partial charge >= 0.3 is 0 Å². The van der Waals surface area contributed by atoms with E-state index in [0.717, 1.165) is 25.7 Å². The van der Waals surface area contributed by atoms with Crippen molar-refractivity contribution in [2.45, 2.75) is 43.5 Å². The third-order valence-corrected chi connectivity index (χ3v) is 6.18. The number of amides is 1. The van der Waals surface area contributed by atoms with Crippen LogP contribution < -0.4 is 19.5 Å². The number of hydrogen-bond acceptors (Lipinski definition) is 5. The van der Waals surface area contributed by atoms with E-state index in [1.54, 1.807) is 30.3 Å². The van der Waals surface area contributed by atoms with Crippen LogP contribution in [0.15, 0.2) is 53.4 Å². The molecule has 7 nitrogen and oxygen atoms in total. The first-order chi connectivity index (χ1) is 14.0. The lowest BCUT2D eigenvalue weighted by molar-refractivity contribution is -0.118. The van der Waals surface area contributed by atoms with Gasteiger partial charge in [0.2, 0.25) is 10.0 Å². The van der Waals surface area contributed by atoms with Crippen LogP contribution in [0, 0.1) is 0 Å². The molecule has 0 heterocycles. The molecular weight excluding hydrogens is 392 g/mol. The number of sulfonamides is 1. The van der Waals surface area contributed by atoms with Crippen LogP contribution in [0.3, 0.4) is 0 Å². The van der Waals surface area contributed by atoms with Crippen molar-refractivity contribution >= 4 is 21.6 Å². The van der Waals surface area contributed by atoms with Crippen molar-refractivity contribution in [3.8, 4) is 11.5 Å². The smallest absolute Gasteiger partial charge is 0.262 e. The van der Waals surface area contributed by atoms with Gasteiger partial charge in [-0.15, -0.1) is 0 Å². The second kappa shape index (κ2) is 9.76. The summed E-state index contributed by atoms with van der Waals surface area (Å²) in [4.78, 5) is 12.4. The normalized spacial score (nSPS) is 14.5. The van der Waals surface area contributed by atoms with Crippen LogP contribution in [-0.2, 0) is 14.8 Å². The molecule has 0 bridgehead atoms. The summed E-state index contributed by atoms with van der Waals surface area (Å²) in [6.07, 6.45) is 3.86. The number of rotatable bonds is 9. The van der Waals surface area contributed by atoms with E-state index in [1.165, 1.54) is 12.1 Å². The molecule has 2 N–H and O–H groups in total. The minimum Gasteiger partial charge on any atom is -0.492 e. The Kier molecular flexibility index (Phi) is 7.11. The van der Waals surface area contributed by atoms with E-state index in [0.29, 0.717) is 23.8 Å². The molecule has 2 aromatic carbocycles. The van der Waals surface area contributed by atoms with Gasteiger partial charge in [0.25, 0.3) is 5.91 Å². The molecule has 2 aromatic rings. The lowest BCUT2D eigenvalue weighted by Gasteiger charge is -2.13. The molecule has 1 fully saturated rings. The molecule has 0 radical (unpaired) electrons. The maximum Gasteiger partial charge on any atom is 0.262 e. The second-order valence-electron chi connectivity index (χ2n) is 6.84. The molecule has 0 spiro atoms. The van der Waals surface area contributed by atoms with E-state index in [-0.39, 0.29) is 23.5 Å². The maximum atomic E-state index is 12.4. The Hall–Kier alpha value is -2.58. The lowest BCUT2D eigenvalue weighted by Crippen LogP contribution is -2.32. The predicted molar refractivity (Wildman–Crippen MR) is 111 cm³/mol. The molecule has 1 aliphatic rings. The lowest BCUT2D eigenvalue weighted by atomic mass is 10.3. The molecule has 0 aromatic heterocycles. The second-order valence-corrected chi connectivity index (χ2v) is 8.55. The minimum absolute atomic E-state index is 0.0131. The zero-order valence-corrected chi connectivity index (χ0v) is 17.2. The van der Waals surface area contributed by atoms with Gasteiger partial charge in [0.15, 0.2) is 6.61 Å². The average Bonchev–Trinajstić information content (AvgIpc) is 3.21. The first kappa shape index (κ1) is 21.1. The van der Waals surface area contributed by atoms with E-state index < -0.39 is 10.0 Å². The third-order valence-electron chi connectivity index (χ3n) is 4.64. The molecule has 29 heavy (non-hydrogen) atoms. The Bertz CT molecular complexity index is 922. The van der Waals surface area contributed by atoms with Crippen LogP contribution in [-0.4, -0.2) is 33.6 Å². The molecule has 156 valence electrons. The summed E-state index contributed by atoms with van der Waals surface area (Å²) in [5.74, 6) is 0.669. The van der Waals surface area contributed by atoms with Crippen molar-refractivity contribution in [1.29, 1.82) is 0 Å². The Morgan fingerprint density at radius 1 is 1.03 bits per heavy atom. The van der Waals surface area contributed by atoms with E-state index in [1.807, 2.05) is 13.0 Å². The molecule has 3 rings (SSSR count). The highest BCUT2D eigenvalue weighted by molar-refractivity contribution is 7.89. The monoisotopic (exact) mass is 418 g/mol. The summed E-state index contributed by atoms with van der Waals surface area (Å²) >= 11 is 0. The van der Waals surface area contributed by atoms with E-state index in [4.69, 9.17) is 9.47 Å². The number of carbonyl (C=O) groups is 1.